The van der Waals surface area contributed by atoms with E-state index < -0.39 is 11.5 Å². The number of anilines is 1. The van der Waals surface area contributed by atoms with Gasteiger partial charge in [0.15, 0.2) is 0 Å². The Morgan fingerprint density at radius 3 is 2.50 bits per heavy atom. The van der Waals surface area contributed by atoms with Crippen molar-refractivity contribution in [3.05, 3.63) is 46.6 Å². The van der Waals surface area contributed by atoms with E-state index >= 15 is 0 Å². The molecule has 26 heavy (non-hydrogen) atoms. The number of aliphatic hydroxyl groups is 1. The van der Waals surface area contributed by atoms with Crippen LogP contribution in [0.2, 0.25) is 5.02 Å². The van der Waals surface area contributed by atoms with E-state index in [1.165, 1.54) is 14.2 Å². The zero-order chi connectivity index (χ0) is 19.5. The maximum atomic E-state index is 12.5. The summed E-state index contributed by atoms with van der Waals surface area (Å²) in [6.07, 6.45) is 0.442. The van der Waals surface area contributed by atoms with Crippen molar-refractivity contribution in [2.75, 3.05) is 19.5 Å². The lowest BCUT2D eigenvalue weighted by molar-refractivity contribution is -0.123. The Kier molecular flexibility index (Phi) is 6.10. The van der Waals surface area contributed by atoms with Crippen molar-refractivity contribution in [2.45, 2.75) is 26.9 Å². The highest BCUT2D eigenvalue weighted by atomic mass is 35.5. The predicted molar refractivity (Wildman–Crippen MR) is 101 cm³/mol. The largest absolute Gasteiger partial charge is 0.495 e. The Bertz CT molecular complexity index is 803. The molecule has 0 bridgehead atoms. The molecule has 2 rings (SSSR count). The Morgan fingerprint density at radius 1 is 1.23 bits per heavy atom. The molecule has 0 radical (unpaired) electrons. The van der Waals surface area contributed by atoms with Gasteiger partial charge in [0.25, 0.3) is 0 Å². The minimum Gasteiger partial charge on any atom is -0.495 e. The van der Waals surface area contributed by atoms with Crippen molar-refractivity contribution in [1.82, 2.24) is 4.98 Å². The topological polar surface area (TPSA) is 80.7 Å². The van der Waals surface area contributed by atoms with Crippen molar-refractivity contribution >= 4 is 23.2 Å². The van der Waals surface area contributed by atoms with E-state index in [-0.39, 0.29) is 11.8 Å². The Morgan fingerprint density at radius 2 is 1.92 bits per heavy atom. The minimum absolute atomic E-state index is 0.218. The number of aliphatic hydroxyl groups excluding tert-OH is 1. The fraction of sp³-hybridized carbons (Fsp3) is 0.368. The highest BCUT2D eigenvalue weighted by molar-refractivity contribution is 6.31. The van der Waals surface area contributed by atoms with Crippen molar-refractivity contribution in [2.24, 2.45) is 5.41 Å². The number of carbonyl (C=O) groups excluding carboxylic acids is 1. The molecule has 1 aromatic heterocycles. The molecule has 2 N–H and O–H groups in total. The molecule has 0 aliphatic heterocycles. The number of hydrogen-bond donors (Lipinski definition) is 2. The number of halogens is 1. The third-order valence-electron chi connectivity index (χ3n) is 3.82. The second-order valence-corrected chi connectivity index (χ2v) is 7.22. The van der Waals surface area contributed by atoms with Gasteiger partial charge in [-0.2, -0.15) is 0 Å². The molecule has 0 aliphatic rings. The van der Waals surface area contributed by atoms with Crippen molar-refractivity contribution in [1.29, 1.82) is 0 Å². The van der Waals surface area contributed by atoms with Gasteiger partial charge in [-0.05, 0) is 18.2 Å². The normalized spacial score (nSPS) is 12.4. The molecule has 0 aliphatic carbocycles. The lowest BCUT2D eigenvalue weighted by Gasteiger charge is -2.23. The van der Waals surface area contributed by atoms with Gasteiger partial charge < -0.3 is 19.9 Å². The highest BCUT2D eigenvalue weighted by Crippen LogP contribution is 2.40. The van der Waals surface area contributed by atoms with Crippen LogP contribution >= 0.6 is 11.6 Å². The number of hydrogen-bond acceptors (Lipinski definition) is 5. The number of amides is 1. The van der Waals surface area contributed by atoms with Gasteiger partial charge in [-0.25, -0.2) is 4.98 Å². The third kappa shape index (κ3) is 4.26. The summed E-state index contributed by atoms with van der Waals surface area (Å²) in [4.78, 5) is 16.6. The Labute approximate surface area is 158 Å². The standard InChI is InChI=1S/C19H23ClN2O4/c1-19(2,3)18(24)22-15-13(9-11(20)10-14(15)25-4)16(23)12-7-6-8-21-17(12)26-5/h6-10,16,23H,1-5H3,(H,22,24)/t16-/m0/s1. The van der Waals surface area contributed by atoms with Gasteiger partial charge >= 0.3 is 0 Å². The number of pyridine rings is 1. The SMILES string of the molecule is COc1cc(Cl)cc([C@@H](O)c2cccnc2OC)c1NC(=O)C(C)(C)C. The molecular formula is C19H23ClN2O4. The first-order valence-corrected chi connectivity index (χ1v) is 8.42. The number of rotatable bonds is 5. The number of methoxy groups -OCH3 is 2. The smallest absolute Gasteiger partial charge is 0.229 e. The highest BCUT2D eigenvalue weighted by Gasteiger charge is 2.27. The predicted octanol–water partition coefficient (Wildman–Crippen LogP) is 3.82. The van der Waals surface area contributed by atoms with Crippen molar-refractivity contribution in [3.63, 3.8) is 0 Å². The number of benzene rings is 1. The quantitative estimate of drug-likeness (QED) is 0.826. The van der Waals surface area contributed by atoms with Gasteiger partial charge in [-0.15, -0.1) is 0 Å². The molecule has 0 saturated carbocycles. The van der Waals surface area contributed by atoms with E-state index in [4.69, 9.17) is 21.1 Å². The number of nitrogens with zero attached hydrogens (tertiary/aromatic N) is 1. The first-order chi connectivity index (χ1) is 12.2. The average molecular weight is 379 g/mol. The molecule has 0 unspecified atom stereocenters. The van der Waals surface area contributed by atoms with E-state index in [0.29, 0.717) is 27.6 Å². The zero-order valence-electron chi connectivity index (χ0n) is 15.5. The maximum Gasteiger partial charge on any atom is 0.229 e. The van der Waals surface area contributed by atoms with Crippen LogP contribution in [0.4, 0.5) is 5.69 Å². The summed E-state index contributed by atoms with van der Waals surface area (Å²) in [7, 11) is 2.94. The molecule has 1 atom stereocenters. The zero-order valence-corrected chi connectivity index (χ0v) is 16.2. The second kappa shape index (κ2) is 7.93. The van der Waals surface area contributed by atoms with E-state index in [9.17, 15) is 9.90 Å². The van der Waals surface area contributed by atoms with Crippen LogP contribution in [0.1, 0.15) is 38.0 Å². The van der Waals surface area contributed by atoms with Crippen LogP contribution in [0, 0.1) is 5.41 Å². The van der Waals surface area contributed by atoms with Crippen LogP contribution in [0.15, 0.2) is 30.5 Å². The van der Waals surface area contributed by atoms with Crippen molar-refractivity contribution in [3.8, 4) is 11.6 Å². The van der Waals surface area contributed by atoms with Gasteiger partial charge in [0.1, 0.15) is 11.9 Å². The summed E-state index contributed by atoms with van der Waals surface area (Å²) in [5, 5.41) is 14.2. The Balaban J connectivity index is 2.59. The molecule has 6 nitrogen and oxygen atoms in total. The van der Waals surface area contributed by atoms with Crippen LogP contribution in [0.3, 0.4) is 0 Å². The summed E-state index contributed by atoms with van der Waals surface area (Å²) in [5.41, 5.74) is 0.567. The molecule has 1 aromatic carbocycles. The molecule has 0 fully saturated rings. The number of carbonyl (C=O) groups is 1. The van der Waals surface area contributed by atoms with Crippen LogP contribution in [-0.4, -0.2) is 30.2 Å². The van der Waals surface area contributed by atoms with E-state index in [1.807, 2.05) is 0 Å². The average Bonchev–Trinajstić information content (AvgIpc) is 2.61. The fourth-order valence-electron chi connectivity index (χ4n) is 2.36. The number of aromatic nitrogens is 1. The van der Waals surface area contributed by atoms with Gasteiger partial charge in [0.2, 0.25) is 11.8 Å². The van der Waals surface area contributed by atoms with Crippen LogP contribution < -0.4 is 14.8 Å². The van der Waals surface area contributed by atoms with Gasteiger partial charge in [-0.1, -0.05) is 32.4 Å². The van der Waals surface area contributed by atoms with E-state index in [0.717, 1.165) is 0 Å². The summed E-state index contributed by atoms with van der Waals surface area (Å²) in [5.74, 6) is 0.420. The third-order valence-corrected chi connectivity index (χ3v) is 4.04. The Hall–Kier alpha value is -2.31. The van der Waals surface area contributed by atoms with Gasteiger partial charge in [0.05, 0.1) is 19.9 Å². The molecule has 140 valence electrons. The molecule has 0 spiro atoms. The van der Waals surface area contributed by atoms with Crippen LogP contribution in [0.25, 0.3) is 0 Å². The second-order valence-electron chi connectivity index (χ2n) is 6.78. The molecule has 1 heterocycles. The van der Waals surface area contributed by atoms with E-state index in [1.54, 1.807) is 51.2 Å². The fourth-order valence-corrected chi connectivity index (χ4v) is 2.58. The first kappa shape index (κ1) is 20.0. The number of nitrogens with one attached hydrogen (secondary N) is 1. The molecular weight excluding hydrogens is 356 g/mol. The lowest BCUT2D eigenvalue weighted by Crippen LogP contribution is -2.28. The summed E-state index contributed by atoms with van der Waals surface area (Å²) < 4.78 is 10.6. The first-order valence-electron chi connectivity index (χ1n) is 8.05. The minimum atomic E-state index is -1.12. The molecule has 7 heteroatoms. The summed E-state index contributed by atoms with van der Waals surface area (Å²) >= 11 is 6.18. The van der Waals surface area contributed by atoms with Crippen molar-refractivity contribution < 1.29 is 19.4 Å². The lowest BCUT2D eigenvalue weighted by atomic mass is 9.94. The molecule has 0 saturated heterocycles. The molecule has 1 amide bonds. The van der Waals surface area contributed by atoms with E-state index in [2.05, 4.69) is 10.3 Å². The summed E-state index contributed by atoms with van der Waals surface area (Å²) in [6.45, 7) is 5.39. The van der Waals surface area contributed by atoms with Crippen LogP contribution in [0.5, 0.6) is 11.6 Å². The molecule has 2 aromatic rings. The monoisotopic (exact) mass is 378 g/mol. The number of ether oxygens (including phenoxy) is 2. The van der Waals surface area contributed by atoms with Gasteiger partial charge in [0, 0.05) is 33.8 Å². The summed E-state index contributed by atoms with van der Waals surface area (Å²) in [6, 6.07) is 6.55. The van der Waals surface area contributed by atoms with Gasteiger partial charge in [-0.3, -0.25) is 4.79 Å². The van der Waals surface area contributed by atoms with Crippen LogP contribution in [-0.2, 0) is 4.79 Å². The maximum absolute atomic E-state index is 12.5.